The van der Waals surface area contributed by atoms with E-state index in [4.69, 9.17) is 0 Å². The highest BCUT2D eigenvalue weighted by atomic mass is 32.1. The van der Waals surface area contributed by atoms with E-state index < -0.39 is 5.54 Å². The molecule has 0 bridgehead atoms. The van der Waals surface area contributed by atoms with Crippen LogP contribution in [0, 0.1) is 31.1 Å². The molecule has 5 heteroatoms. The Hall–Kier alpha value is -5.52. The van der Waals surface area contributed by atoms with Crippen molar-refractivity contribution >= 4 is 61.3 Å². The van der Waals surface area contributed by atoms with Crippen LogP contribution in [-0.2, 0) is 21.7 Å². The maximum atomic E-state index is 2.95. The van der Waals surface area contributed by atoms with Gasteiger partial charge in [-0.05, 0) is 167 Å². The Balaban J connectivity index is 1.19. The van der Waals surface area contributed by atoms with E-state index in [1.54, 1.807) is 22.4 Å². The van der Waals surface area contributed by atoms with Crippen molar-refractivity contribution in [3.63, 3.8) is 0 Å². The van der Waals surface area contributed by atoms with Gasteiger partial charge in [-0.15, -0.1) is 11.3 Å². The average Bonchev–Trinajstić information content (AvgIpc) is 3.70. The summed E-state index contributed by atoms with van der Waals surface area (Å²) in [5.41, 5.74) is 22.6. The van der Waals surface area contributed by atoms with Crippen LogP contribution >= 0.6 is 11.3 Å². The molecule has 3 nitrogen and oxygen atoms in total. The van der Waals surface area contributed by atoms with Gasteiger partial charge in [-0.3, -0.25) is 0 Å². The Morgan fingerprint density at radius 3 is 2.04 bits per heavy atom. The molecule has 3 aliphatic heterocycles. The van der Waals surface area contributed by atoms with Gasteiger partial charge >= 0.3 is 0 Å². The number of nitrogens with zero attached hydrogens (tertiary/aromatic N) is 3. The molecule has 5 aromatic carbocycles. The van der Waals surface area contributed by atoms with Crippen LogP contribution in [0.25, 0.3) is 10.1 Å². The van der Waals surface area contributed by atoms with Gasteiger partial charge in [0.2, 0.25) is 0 Å². The predicted molar refractivity (Wildman–Crippen MR) is 305 cm³/mol. The zero-order valence-electron chi connectivity index (χ0n) is 44.6. The fourth-order valence-corrected chi connectivity index (χ4v) is 16.6. The normalized spacial score (nSPS) is 26.1. The van der Waals surface area contributed by atoms with Crippen molar-refractivity contribution in [2.75, 3.05) is 14.7 Å². The SMILES string of the molecule is Cc1ccc2sc3c(c2c1)N(c1ccc(C(C)(C)C)cc1C)C1=CC(C)(N(c2ccccc2)c2ccccc2)CC2=C1B3C1=C3C4C(C=C1)C(C)(C)CCC4(C)c1c(ccc4c1C(C)(C)CCC4(C)C)N23. The van der Waals surface area contributed by atoms with E-state index in [-0.39, 0.29) is 33.8 Å². The Morgan fingerprint density at radius 1 is 0.690 bits per heavy atom. The summed E-state index contributed by atoms with van der Waals surface area (Å²) in [4.78, 5) is 8.38. The quantitative estimate of drug-likeness (QED) is 0.163. The number of benzene rings is 5. The fraction of sp³-hybridized carbons (Fsp3) is 0.394. The Labute approximate surface area is 429 Å². The van der Waals surface area contributed by atoms with Crippen LogP contribution in [0.4, 0.5) is 28.4 Å². The minimum absolute atomic E-state index is 0.0299. The van der Waals surface area contributed by atoms with E-state index in [9.17, 15) is 0 Å². The smallest absolute Gasteiger partial charge is 0.263 e. The van der Waals surface area contributed by atoms with Crippen molar-refractivity contribution in [1.29, 1.82) is 0 Å². The summed E-state index contributed by atoms with van der Waals surface area (Å²) in [6.45, 7) is 32.4. The highest BCUT2D eigenvalue weighted by Crippen LogP contribution is 2.69. The van der Waals surface area contributed by atoms with Crippen LogP contribution in [0.15, 0.2) is 155 Å². The van der Waals surface area contributed by atoms with E-state index in [1.165, 1.54) is 108 Å². The number of rotatable bonds is 4. The van der Waals surface area contributed by atoms with Gasteiger partial charge in [-0.1, -0.05) is 148 Å². The molecule has 13 rings (SSSR count). The first-order valence-corrected chi connectivity index (χ1v) is 27.7. The van der Waals surface area contributed by atoms with Crippen molar-refractivity contribution in [3.8, 4) is 0 Å². The van der Waals surface area contributed by atoms with Gasteiger partial charge < -0.3 is 14.7 Å². The summed E-state index contributed by atoms with van der Waals surface area (Å²) in [6.07, 6.45) is 13.8. The number of aryl methyl sites for hydroxylation is 2. The van der Waals surface area contributed by atoms with Gasteiger partial charge in [0, 0.05) is 72.5 Å². The fourth-order valence-electron chi connectivity index (χ4n) is 15.3. The molecule has 360 valence electrons. The van der Waals surface area contributed by atoms with Crippen molar-refractivity contribution in [3.05, 3.63) is 189 Å². The lowest BCUT2D eigenvalue weighted by Crippen LogP contribution is -2.61. The van der Waals surface area contributed by atoms with Crippen molar-refractivity contribution in [1.82, 2.24) is 0 Å². The molecule has 0 amide bonds. The van der Waals surface area contributed by atoms with Crippen molar-refractivity contribution in [2.45, 2.75) is 149 Å². The number of para-hydroxylation sites is 2. The third-order valence-corrected chi connectivity index (χ3v) is 20.4. The van der Waals surface area contributed by atoms with E-state index in [0.717, 1.165) is 6.42 Å². The maximum absolute atomic E-state index is 2.95. The maximum Gasteiger partial charge on any atom is 0.263 e. The summed E-state index contributed by atoms with van der Waals surface area (Å²) < 4.78 is 2.86. The topological polar surface area (TPSA) is 9.72 Å². The number of fused-ring (bicyclic) bond motifs is 11. The molecule has 7 aliphatic rings. The van der Waals surface area contributed by atoms with Gasteiger partial charge in [-0.2, -0.15) is 0 Å². The predicted octanol–water partition coefficient (Wildman–Crippen LogP) is 16.9. The van der Waals surface area contributed by atoms with Crippen LogP contribution in [0.3, 0.4) is 0 Å². The molecule has 1 aromatic heterocycles. The van der Waals surface area contributed by atoms with E-state index in [1.807, 2.05) is 0 Å². The molecule has 0 saturated heterocycles. The molecule has 0 spiro atoms. The zero-order valence-corrected chi connectivity index (χ0v) is 45.5. The second-order valence-electron chi connectivity index (χ2n) is 26.4. The third-order valence-electron chi connectivity index (χ3n) is 19.2. The minimum atomic E-state index is -0.484. The second-order valence-corrected chi connectivity index (χ2v) is 27.4. The highest BCUT2D eigenvalue weighted by Gasteiger charge is 2.63. The van der Waals surface area contributed by atoms with E-state index in [2.05, 4.69) is 243 Å². The standard InChI is InChI=1S/C66H72BN3S/c1-40-24-31-53-45(36-40)58-60(71-53)67-48-28-26-47-55-59(48)69(50-30-27-46-54(64(10,11)33-32-62(46,6)7)56(50)66(55,13)35-34-63(47,8)9)52-39-65(12,70(43-20-16-14-17-21-43)44-22-18-15-19-23-44)38-51(57(52)67)68(58)49-29-25-42(37-41(49)2)61(3,4)5/h14-31,36-38,47,55H,32-35,39H2,1-13H3. The Kier molecular flexibility index (Phi) is 9.46. The number of thiophene rings is 1. The summed E-state index contributed by atoms with van der Waals surface area (Å²) in [5.74, 6) is 0.752. The first kappa shape index (κ1) is 45.4. The number of hydrogen-bond donors (Lipinski definition) is 0. The molecule has 0 radical (unpaired) electrons. The van der Waals surface area contributed by atoms with Crippen molar-refractivity contribution < 1.29 is 0 Å². The highest BCUT2D eigenvalue weighted by molar-refractivity contribution is 7.32. The third kappa shape index (κ3) is 6.26. The van der Waals surface area contributed by atoms with Crippen LogP contribution < -0.4 is 19.5 Å². The largest absolute Gasteiger partial charge is 0.332 e. The summed E-state index contributed by atoms with van der Waals surface area (Å²) in [5, 5.41) is 1.36. The molecule has 6 aromatic rings. The first-order valence-electron chi connectivity index (χ1n) is 26.8. The summed E-state index contributed by atoms with van der Waals surface area (Å²) in [7, 11) is 0. The lowest BCUT2D eigenvalue weighted by molar-refractivity contribution is 0.0558. The van der Waals surface area contributed by atoms with Crippen LogP contribution in [0.1, 0.15) is 142 Å². The second kappa shape index (κ2) is 14.8. The molecular weight excluding hydrogens is 878 g/mol. The number of hydrogen-bond acceptors (Lipinski definition) is 4. The van der Waals surface area contributed by atoms with Crippen LogP contribution in [-0.4, -0.2) is 12.3 Å². The molecular formula is C66H72BN3S. The average molecular weight is 950 g/mol. The molecule has 0 N–H and O–H groups in total. The first-order chi connectivity index (χ1) is 33.6. The van der Waals surface area contributed by atoms with E-state index in [0.29, 0.717) is 11.8 Å². The zero-order chi connectivity index (χ0) is 49.5. The van der Waals surface area contributed by atoms with Crippen LogP contribution in [0.5, 0.6) is 0 Å². The molecule has 71 heavy (non-hydrogen) atoms. The summed E-state index contributed by atoms with van der Waals surface area (Å²) >= 11 is 2.05. The lowest BCUT2D eigenvalue weighted by Gasteiger charge is -2.64. The van der Waals surface area contributed by atoms with Gasteiger partial charge in [0.15, 0.2) is 0 Å². The van der Waals surface area contributed by atoms with Gasteiger partial charge in [0.05, 0.1) is 11.2 Å². The van der Waals surface area contributed by atoms with Gasteiger partial charge in [0.1, 0.15) is 0 Å². The number of allylic oxidation sites excluding steroid dienone is 5. The molecule has 4 atom stereocenters. The Morgan fingerprint density at radius 2 is 1.37 bits per heavy atom. The van der Waals surface area contributed by atoms with Gasteiger partial charge in [-0.25, -0.2) is 0 Å². The Bertz CT molecular complexity index is 3350. The van der Waals surface area contributed by atoms with Gasteiger partial charge in [0.25, 0.3) is 6.71 Å². The molecule has 1 saturated carbocycles. The lowest BCUT2D eigenvalue weighted by atomic mass is 9.31. The van der Waals surface area contributed by atoms with E-state index >= 15 is 0 Å². The van der Waals surface area contributed by atoms with Crippen LogP contribution in [0.2, 0.25) is 0 Å². The summed E-state index contributed by atoms with van der Waals surface area (Å²) in [6, 6.07) is 42.3. The molecule has 4 heterocycles. The number of anilines is 5. The molecule has 1 fully saturated rings. The van der Waals surface area contributed by atoms with Crippen molar-refractivity contribution in [2.24, 2.45) is 17.3 Å². The minimum Gasteiger partial charge on any atom is -0.332 e. The molecule has 4 aliphatic carbocycles. The monoisotopic (exact) mass is 950 g/mol. The molecule has 4 unspecified atom stereocenters.